The molecule has 0 saturated carbocycles. The number of hydrogen-bond acceptors (Lipinski definition) is 2. The number of fused-ring (bicyclic) bond motifs is 3. The van der Waals surface area contributed by atoms with Crippen LogP contribution in [0.1, 0.15) is 40.4 Å². The first-order valence-electron chi connectivity index (χ1n) is 11.6. The zero-order valence-corrected chi connectivity index (χ0v) is 19.3. The predicted molar refractivity (Wildman–Crippen MR) is 137 cm³/mol. The number of rotatable bonds is 8. The zero-order valence-electron chi connectivity index (χ0n) is 19.3. The van der Waals surface area contributed by atoms with E-state index in [-0.39, 0.29) is 0 Å². The summed E-state index contributed by atoms with van der Waals surface area (Å²) in [7, 11) is 0. The summed E-state index contributed by atoms with van der Waals surface area (Å²) in [6.07, 6.45) is 2.05. The van der Waals surface area contributed by atoms with Gasteiger partial charge in [0.15, 0.2) is 0 Å². The average Bonchev–Trinajstić information content (AvgIpc) is 3.17. The molecule has 0 bridgehead atoms. The number of nitrogens with two attached hydrogens (primary N) is 1. The first-order valence-corrected chi connectivity index (χ1v) is 11.6. The molecule has 4 aromatic carbocycles. The highest BCUT2D eigenvalue weighted by atomic mass is 16.5. The Morgan fingerprint density at radius 1 is 0.912 bits per heavy atom. The highest BCUT2D eigenvalue weighted by molar-refractivity contribution is 6.17. The van der Waals surface area contributed by atoms with Crippen LogP contribution in [0.3, 0.4) is 0 Å². The molecule has 5 rings (SSSR count). The number of ether oxygens (including phenoxy) is 1. The van der Waals surface area contributed by atoms with E-state index in [1.165, 1.54) is 5.56 Å². The molecule has 1 radical (unpaired) electrons. The van der Waals surface area contributed by atoms with Gasteiger partial charge in [0.2, 0.25) is 5.91 Å². The third-order valence-corrected chi connectivity index (χ3v) is 6.15. The standard InChI is InChI=1S/C30H27N2O2/c1-2-8-21-15-16-25-28(18-21)32(27-14-7-13-26(29(25)27)30(31)33)19-23-11-6-12-24(17-23)34-20-22-9-4-3-5-10-22/h3-7,9-15,17-18H,2,8,19-20H2,1H3,(H2,31,33). The van der Waals surface area contributed by atoms with Crippen molar-refractivity contribution in [1.82, 2.24) is 4.57 Å². The van der Waals surface area contributed by atoms with Gasteiger partial charge in [-0.25, -0.2) is 0 Å². The molecule has 0 saturated heterocycles. The second kappa shape index (κ2) is 9.44. The number of hydrogen-bond donors (Lipinski definition) is 1. The number of benzene rings is 4. The molecule has 34 heavy (non-hydrogen) atoms. The van der Waals surface area contributed by atoms with Crippen molar-refractivity contribution in [3.63, 3.8) is 0 Å². The Morgan fingerprint density at radius 3 is 2.50 bits per heavy atom. The number of amides is 1. The third-order valence-electron chi connectivity index (χ3n) is 6.15. The molecule has 0 aliphatic rings. The molecule has 0 unspecified atom stereocenters. The monoisotopic (exact) mass is 447 g/mol. The van der Waals surface area contributed by atoms with Gasteiger partial charge >= 0.3 is 0 Å². The molecule has 0 aliphatic heterocycles. The molecule has 0 spiro atoms. The quantitative estimate of drug-likeness (QED) is 0.305. The van der Waals surface area contributed by atoms with Crippen LogP contribution in [0.15, 0.2) is 84.9 Å². The van der Waals surface area contributed by atoms with Crippen molar-refractivity contribution >= 4 is 27.7 Å². The Labute approximate surface area is 199 Å². The van der Waals surface area contributed by atoms with E-state index in [0.29, 0.717) is 18.7 Å². The summed E-state index contributed by atoms with van der Waals surface area (Å²) >= 11 is 0. The average molecular weight is 448 g/mol. The molecular formula is C30H27N2O2. The summed E-state index contributed by atoms with van der Waals surface area (Å²) in [4.78, 5) is 12.2. The summed E-state index contributed by atoms with van der Waals surface area (Å²) in [5, 5.41) is 1.80. The van der Waals surface area contributed by atoms with Crippen molar-refractivity contribution < 1.29 is 9.53 Å². The normalized spacial score (nSPS) is 11.2. The molecule has 0 fully saturated rings. The number of aryl methyl sites for hydroxylation is 1. The summed E-state index contributed by atoms with van der Waals surface area (Å²) in [5.41, 5.74) is 11.8. The van der Waals surface area contributed by atoms with Crippen molar-refractivity contribution in [2.24, 2.45) is 5.73 Å². The van der Waals surface area contributed by atoms with Crippen LogP contribution in [0.4, 0.5) is 0 Å². The molecule has 4 nitrogen and oxygen atoms in total. The fraction of sp³-hybridized carbons (Fsp3) is 0.167. The Bertz CT molecular complexity index is 1470. The zero-order chi connectivity index (χ0) is 23.5. The van der Waals surface area contributed by atoms with E-state index in [0.717, 1.165) is 51.5 Å². The van der Waals surface area contributed by atoms with Crippen LogP contribution in [0, 0.1) is 6.07 Å². The molecule has 1 amide bonds. The van der Waals surface area contributed by atoms with Gasteiger partial charge in [-0.3, -0.25) is 4.79 Å². The largest absolute Gasteiger partial charge is 0.489 e. The van der Waals surface area contributed by atoms with Crippen LogP contribution in [0.2, 0.25) is 0 Å². The van der Waals surface area contributed by atoms with Gasteiger partial charge < -0.3 is 15.0 Å². The minimum absolute atomic E-state index is 0.424. The van der Waals surface area contributed by atoms with Crippen LogP contribution < -0.4 is 10.5 Å². The molecule has 2 N–H and O–H groups in total. The topological polar surface area (TPSA) is 57.2 Å². The van der Waals surface area contributed by atoms with Crippen LogP contribution in [0.25, 0.3) is 21.8 Å². The first kappa shape index (κ1) is 21.8. The van der Waals surface area contributed by atoms with Gasteiger partial charge in [-0.05, 0) is 59.5 Å². The van der Waals surface area contributed by atoms with Crippen molar-refractivity contribution in [3.8, 4) is 5.75 Å². The number of primary amides is 1. The number of carbonyl (C=O) groups is 1. The van der Waals surface area contributed by atoms with Crippen LogP contribution in [-0.2, 0) is 19.6 Å². The predicted octanol–water partition coefficient (Wildman–Crippen LogP) is 6.27. The van der Waals surface area contributed by atoms with Crippen molar-refractivity contribution in [2.75, 3.05) is 0 Å². The number of aromatic nitrogens is 1. The molecule has 1 heterocycles. The van der Waals surface area contributed by atoms with Gasteiger partial charge in [-0.2, -0.15) is 0 Å². The summed E-state index contributed by atoms with van der Waals surface area (Å²) in [6, 6.07) is 31.8. The van der Waals surface area contributed by atoms with E-state index < -0.39 is 5.91 Å². The SMILES string of the molecule is CCCc1c[c]c2c3c(C(N)=O)cccc3n(Cc3cccc(OCc4ccccc4)c3)c2c1. The van der Waals surface area contributed by atoms with E-state index in [2.05, 4.69) is 47.9 Å². The van der Waals surface area contributed by atoms with Gasteiger partial charge in [-0.1, -0.05) is 67.9 Å². The molecular weight excluding hydrogens is 420 g/mol. The maximum Gasteiger partial charge on any atom is 0.249 e. The van der Waals surface area contributed by atoms with Gasteiger partial charge in [-0.15, -0.1) is 0 Å². The maximum absolute atomic E-state index is 12.2. The van der Waals surface area contributed by atoms with Crippen molar-refractivity contribution in [2.45, 2.75) is 32.9 Å². The maximum atomic E-state index is 12.2. The lowest BCUT2D eigenvalue weighted by Crippen LogP contribution is -2.11. The lowest BCUT2D eigenvalue weighted by atomic mass is 10.0. The Kier molecular flexibility index (Phi) is 6.05. The smallest absolute Gasteiger partial charge is 0.249 e. The third kappa shape index (κ3) is 4.27. The lowest BCUT2D eigenvalue weighted by molar-refractivity contribution is 0.100. The second-order valence-electron chi connectivity index (χ2n) is 8.59. The molecule has 169 valence electrons. The van der Waals surface area contributed by atoms with Crippen molar-refractivity contribution in [1.29, 1.82) is 0 Å². The summed E-state index contributed by atoms with van der Waals surface area (Å²) < 4.78 is 8.30. The van der Waals surface area contributed by atoms with E-state index in [9.17, 15) is 4.79 Å². The van der Waals surface area contributed by atoms with Gasteiger partial charge in [0.1, 0.15) is 12.4 Å². The van der Waals surface area contributed by atoms with E-state index in [4.69, 9.17) is 10.5 Å². The highest BCUT2D eigenvalue weighted by Gasteiger charge is 2.17. The number of carbonyl (C=O) groups excluding carboxylic acids is 1. The fourth-order valence-electron chi connectivity index (χ4n) is 4.56. The van der Waals surface area contributed by atoms with Gasteiger partial charge in [0.05, 0.1) is 11.0 Å². The summed E-state index contributed by atoms with van der Waals surface area (Å²) in [5.74, 6) is 0.408. The summed E-state index contributed by atoms with van der Waals surface area (Å²) in [6.45, 7) is 3.34. The lowest BCUT2D eigenvalue weighted by Gasteiger charge is -2.11. The Hall–Kier alpha value is -4.05. The Morgan fingerprint density at radius 2 is 1.71 bits per heavy atom. The second-order valence-corrected chi connectivity index (χ2v) is 8.59. The first-order chi connectivity index (χ1) is 16.6. The van der Waals surface area contributed by atoms with Gasteiger partial charge in [0.25, 0.3) is 0 Å². The van der Waals surface area contributed by atoms with Crippen LogP contribution >= 0.6 is 0 Å². The molecule has 0 aliphatic carbocycles. The van der Waals surface area contributed by atoms with Gasteiger partial charge in [0, 0.05) is 22.9 Å². The Balaban J connectivity index is 1.55. The van der Waals surface area contributed by atoms with Crippen molar-refractivity contribution in [3.05, 3.63) is 113 Å². The van der Waals surface area contributed by atoms with Crippen LogP contribution in [0.5, 0.6) is 5.75 Å². The van der Waals surface area contributed by atoms with Crippen LogP contribution in [-0.4, -0.2) is 10.5 Å². The molecule has 5 aromatic rings. The van der Waals surface area contributed by atoms with E-state index >= 15 is 0 Å². The minimum atomic E-state index is -0.424. The fourth-order valence-corrected chi connectivity index (χ4v) is 4.56. The number of nitrogens with zero attached hydrogens (tertiary/aromatic N) is 1. The minimum Gasteiger partial charge on any atom is -0.489 e. The highest BCUT2D eigenvalue weighted by Crippen LogP contribution is 2.33. The van der Waals surface area contributed by atoms with E-state index in [1.54, 1.807) is 6.07 Å². The molecule has 0 atom stereocenters. The molecule has 1 aromatic heterocycles. The molecule has 4 heteroatoms. The van der Waals surface area contributed by atoms with E-state index in [1.807, 2.05) is 48.5 Å².